The number of hydrogen-bond donors (Lipinski definition) is 0. The molecule has 1 nitrogen and oxygen atoms in total. The number of fused-ring (bicyclic) bond motifs is 1. The van der Waals surface area contributed by atoms with Crippen molar-refractivity contribution in [1.82, 2.24) is 0 Å². The van der Waals surface area contributed by atoms with Gasteiger partial charge in [-0.2, -0.15) is 0 Å². The lowest BCUT2D eigenvalue weighted by Crippen LogP contribution is -2.19. The normalized spacial score (nSPS) is 33.7. The number of halogens is 1. The Kier molecular flexibility index (Phi) is 1.76. The standard InChI is InChI=1S/C13H13FO/c14-11-3-1-2-9(6-11)13-5-4-12(15)7-10(13)8-13/h1-3,6,10H,4-5,7-8H2. The summed E-state index contributed by atoms with van der Waals surface area (Å²) >= 11 is 0. The molecular formula is C13H13FO. The zero-order valence-corrected chi connectivity index (χ0v) is 8.50. The van der Waals surface area contributed by atoms with Gasteiger partial charge in [-0.15, -0.1) is 0 Å². The van der Waals surface area contributed by atoms with Gasteiger partial charge in [0.1, 0.15) is 11.6 Å². The molecule has 0 bridgehead atoms. The third-order valence-electron chi connectivity index (χ3n) is 3.96. The SMILES string of the molecule is O=C1CCC2(c3cccc(F)c3)CC2C1. The lowest BCUT2D eigenvalue weighted by atomic mass is 9.82. The molecule has 1 aromatic rings. The minimum absolute atomic E-state index is 0.149. The van der Waals surface area contributed by atoms with E-state index >= 15 is 0 Å². The van der Waals surface area contributed by atoms with Gasteiger partial charge in [0.25, 0.3) is 0 Å². The lowest BCUT2D eigenvalue weighted by molar-refractivity contribution is -0.120. The van der Waals surface area contributed by atoms with Crippen molar-refractivity contribution in [3.63, 3.8) is 0 Å². The first kappa shape index (κ1) is 9.08. The number of rotatable bonds is 1. The molecular weight excluding hydrogens is 191 g/mol. The van der Waals surface area contributed by atoms with Gasteiger partial charge >= 0.3 is 0 Å². The fourth-order valence-corrected chi connectivity index (χ4v) is 2.99. The molecule has 1 aromatic carbocycles. The van der Waals surface area contributed by atoms with E-state index in [0.717, 1.165) is 18.4 Å². The Morgan fingerprint density at radius 1 is 1.40 bits per heavy atom. The molecule has 0 heterocycles. The summed E-state index contributed by atoms with van der Waals surface area (Å²) in [5.74, 6) is 0.703. The molecule has 0 saturated heterocycles. The monoisotopic (exact) mass is 204 g/mol. The first-order valence-corrected chi connectivity index (χ1v) is 5.48. The van der Waals surface area contributed by atoms with Crippen molar-refractivity contribution in [3.05, 3.63) is 35.6 Å². The number of benzene rings is 1. The maximum atomic E-state index is 13.1. The van der Waals surface area contributed by atoms with Crippen molar-refractivity contribution < 1.29 is 9.18 Å². The molecule has 0 aliphatic heterocycles. The zero-order chi connectivity index (χ0) is 10.5. The Hall–Kier alpha value is -1.18. The Morgan fingerprint density at radius 2 is 2.27 bits per heavy atom. The molecule has 2 saturated carbocycles. The van der Waals surface area contributed by atoms with E-state index in [0.29, 0.717) is 24.5 Å². The first-order valence-electron chi connectivity index (χ1n) is 5.48. The van der Waals surface area contributed by atoms with Crippen LogP contribution in [0.5, 0.6) is 0 Å². The second kappa shape index (κ2) is 2.91. The summed E-state index contributed by atoms with van der Waals surface area (Å²) < 4.78 is 13.1. The van der Waals surface area contributed by atoms with E-state index in [9.17, 15) is 9.18 Å². The topological polar surface area (TPSA) is 17.1 Å². The van der Waals surface area contributed by atoms with Gasteiger partial charge in [0.2, 0.25) is 0 Å². The van der Waals surface area contributed by atoms with Crippen molar-refractivity contribution in [2.75, 3.05) is 0 Å². The highest BCUT2D eigenvalue weighted by atomic mass is 19.1. The van der Waals surface area contributed by atoms with Gasteiger partial charge < -0.3 is 0 Å². The molecule has 0 radical (unpaired) electrons. The van der Waals surface area contributed by atoms with Gasteiger partial charge in [-0.25, -0.2) is 4.39 Å². The number of ketones is 1. The van der Waals surface area contributed by atoms with E-state index in [1.807, 2.05) is 6.07 Å². The van der Waals surface area contributed by atoms with Crippen LogP contribution in [0.1, 0.15) is 31.2 Å². The average Bonchev–Trinajstić information content (AvgIpc) is 2.92. The largest absolute Gasteiger partial charge is 0.300 e. The van der Waals surface area contributed by atoms with E-state index in [2.05, 4.69) is 0 Å². The summed E-state index contributed by atoms with van der Waals surface area (Å²) in [6.45, 7) is 0. The lowest BCUT2D eigenvalue weighted by Gasteiger charge is -2.21. The summed E-state index contributed by atoms with van der Waals surface area (Å²) in [6, 6.07) is 6.88. The molecule has 3 rings (SSSR count). The average molecular weight is 204 g/mol. The van der Waals surface area contributed by atoms with Gasteiger partial charge in [0.15, 0.2) is 0 Å². The number of carbonyl (C=O) groups is 1. The fourth-order valence-electron chi connectivity index (χ4n) is 2.99. The fraction of sp³-hybridized carbons (Fsp3) is 0.462. The summed E-state index contributed by atoms with van der Waals surface area (Å²) in [5, 5.41) is 0. The van der Waals surface area contributed by atoms with E-state index in [1.54, 1.807) is 12.1 Å². The Labute approximate surface area is 88.3 Å². The third-order valence-corrected chi connectivity index (χ3v) is 3.96. The third kappa shape index (κ3) is 1.31. The molecule has 2 atom stereocenters. The van der Waals surface area contributed by atoms with E-state index in [-0.39, 0.29) is 11.2 Å². The summed E-state index contributed by atoms with van der Waals surface area (Å²) in [6.07, 6.45) is 3.37. The van der Waals surface area contributed by atoms with Crippen LogP contribution in [0.3, 0.4) is 0 Å². The van der Waals surface area contributed by atoms with Crippen molar-refractivity contribution in [3.8, 4) is 0 Å². The second-order valence-corrected chi connectivity index (χ2v) is 4.81. The quantitative estimate of drug-likeness (QED) is 0.687. The molecule has 2 aliphatic rings. The van der Waals surface area contributed by atoms with Gasteiger partial charge in [-0.1, -0.05) is 12.1 Å². The molecule has 78 valence electrons. The Balaban J connectivity index is 1.93. The predicted molar refractivity (Wildman–Crippen MR) is 55.0 cm³/mol. The first-order chi connectivity index (χ1) is 7.21. The Morgan fingerprint density at radius 3 is 3.00 bits per heavy atom. The number of carbonyl (C=O) groups excluding carboxylic acids is 1. The number of hydrogen-bond acceptors (Lipinski definition) is 1. The zero-order valence-electron chi connectivity index (χ0n) is 8.50. The number of Topliss-reactive ketones (excluding diaryl/α,β-unsaturated/α-hetero) is 1. The summed E-state index contributed by atoms with van der Waals surface area (Å²) in [7, 11) is 0. The molecule has 2 unspecified atom stereocenters. The minimum atomic E-state index is -0.163. The highest BCUT2D eigenvalue weighted by Crippen LogP contribution is 2.61. The van der Waals surface area contributed by atoms with E-state index < -0.39 is 0 Å². The van der Waals surface area contributed by atoms with Crippen LogP contribution in [0.2, 0.25) is 0 Å². The van der Waals surface area contributed by atoms with Crippen LogP contribution in [0.4, 0.5) is 4.39 Å². The van der Waals surface area contributed by atoms with Crippen LogP contribution in [-0.2, 0) is 10.2 Å². The van der Waals surface area contributed by atoms with Crippen molar-refractivity contribution in [2.45, 2.75) is 31.1 Å². The van der Waals surface area contributed by atoms with Gasteiger partial charge in [0, 0.05) is 12.8 Å². The summed E-state index contributed by atoms with van der Waals surface area (Å²) in [4.78, 5) is 11.3. The van der Waals surface area contributed by atoms with Crippen molar-refractivity contribution in [1.29, 1.82) is 0 Å². The van der Waals surface area contributed by atoms with Crippen LogP contribution < -0.4 is 0 Å². The smallest absolute Gasteiger partial charge is 0.133 e. The van der Waals surface area contributed by atoms with Gasteiger partial charge in [-0.05, 0) is 41.9 Å². The maximum Gasteiger partial charge on any atom is 0.133 e. The minimum Gasteiger partial charge on any atom is -0.300 e. The second-order valence-electron chi connectivity index (χ2n) is 4.81. The van der Waals surface area contributed by atoms with Gasteiger partial charge in [0.05, 0.1) is 0 Å². The van der Waals surface area contributed by atoms with Crippen LogP contribution in [-0.4, -0.2) is 5.78 Å². The predicted octanol–water partition coefficient (Wildman–Crippen LogP) is 2.84. The molecule has 0 spiro atoms. The molecule has 15 heavy (non-hydrogen) atoms. The van der Waals surface area contributed by atoms with E-state index in [4.69, 9.17) is 0 Å². The molecule has 2 fully saturated rings. The summed E-state index contributed by atoms with van der Waals surface area (Å²) in [5.41, 5.74) is 1.25. The van der Waals surface area contributed by atoms with Crippen LogP contribution in [0, 0.1) is 11.7 Å². The van der Waals surface area contributed by atoms with Gasteiger partial charge in [-0.3, -0.25) is 4.79 Å². The van der Waals surface area contributed by atoms with Crippen LogP contribution in [0.15, 0.2) is 24.3 Å². The molecule has 2 heteroatoms. The Bertz CT molecular complexity index is 426. The highest BCUT2D eigenvalue weighted by Gasteiger charge is 2.57. The van der Waals surface area contributed by atoms with E-state index in [1.165, 1.54) is 6.07 Å². The molecule has 0 N–H and O–H groups in total. The molecule has 0 aromatic heterocycles. The van der Waals surface area contributed by atoms with Crippen molar-refractivity contribution >= 4 is 5.78 Å². The molecule has 2 aliphatic carbocycles. The molecule has 0 amide bonds. The maximum absolute atomic E-state index is 13.1. The van der Waals surface area contributed by atoms with Crippen LogP contribution in [0.25, 0.3) is 0 Å². The van der Waals surface area contributed by atoms with Crippen LogP contribution >= 0.6 is 0 Å². The highest BCUT2D eigenvalue weighted by molar-refractivity contribution is 5.81. The van der Waals surface area contributed by atoms with Crippen molar-refractivity contribution in [2.24, 2.45) is 5.92 Å².